The van der Waals surface area contributed by atoms with Crippen molar-refractivity contribution in [1.29, 1.82) is 0 Å². The molecule has 0 bridgehead atoms. The van der Waals surface area contributed by atoms with Crippen LogP contribution in [0.5, 0.6) is 17.2 Å². The molecule has 0 aliphatic carbocycles. The van der Waals surface area contributed by atoms with Gasteiger partial charge in [-0.05, 0) is 29.8 Å². The zero-order valence-electron chi connectivity index (χ0n) is 18.4. The minimum absolute atomic E-state index is 0.0254. The molecule has 0 spiro atoms. The van der Waals surface area contributed by atoms with Crippen LogP contribution in [0, 0.1) is 5.92 Å². The van der Waals surface area contributed by atoms with E-state index < -0.39 is 5.92 Å². The number of pyridine rings is 1. The van der Waals surface area contributed by atoms with Gasteiger partial charge in [0, 0.05) is 31.6 Å². The lowest BCUT2D eigenvalue weighted by atomic mass is 9.88. The predicted molar refractivity (Wildman–Crippen MR) is 115 cm³/mol. The van der Waals surface area contributed by atoms with Crippen molar-refractivity contribution in [3.8, 4) is 17.2 Å². The van der Waals surface area contributed by atoms with Crippen molar-refractivity contribution in [2.45, 2.75) is 25.8 Å². The van der Waals surface area contributed by atoms with Gasteiger partial charge < -0.3 is 24.4 Å². The molecule has 1 aromatic carbocycles. The lowest BCUT2D eigenvalue weighted by molar-refractivity contribution is -0.130. The molecule has 2 atom stereocenters. The maximum Gasteiger partial charge on any atom is 0.225 e. The Morgan fingerprint density at radius 3 is 2.35 bits per heavy atom. The van der Waals surface area contributed by atoms with Crippen molar-refractivity contribution >= 4 is 11.8 Å². The van der Waals surface area contributed by atoms with E-state index in [2.05, 4.69) is 10.3 Å². The molecule has 2 aromatic rings. The van der Waals surface area contributed by atoms with E-state index in [1.165, 1.54) is 0 Å². The van der Waals surface area contributed by atoms with Gasteiger partial charge in [-0.25, -0.2) is 0 Å². The average molecular weight is 428 g/mol. The standard InChI is InChI=1S/C23H29N3O5/c1-5-21(27)26-13-17(15-10-19(29-2)22(31-4)20(11-15)30-3)18(14-26)23(28)25-12-16-8-6-7-9-24-16/h6-11,17-18H,5,12-14H2,1-4H3,(H,25,28). The second-order valence-electron chi connectivity index (χ2n) is 7.36. The Labute approximate surface area is 182 Å². The Balaban J connectivity index is 1.89. The molecule has 166 valence electrons. The summed E-state index contributed by atoms with van der Waals surface area (Å²) in [5, 5.41) is 2.97. The zero-order valence-corrected chi connectivity index (χ0v) is 18.4. The summed E-state index contributed by atoms with van der Waals surface area (Å²) in [7, 11) is 4.66. The van der Waals surface area contributed by atoms with Crippen LogP contribution in [0.25, 0.3) is 0 Å². The van der Waals surface area contributed by atoms with E-state index >= 15 is 0 Å². The summed E-state index contributed by atoms with van der Waals surface area (Å²) in [6.07, 6.45) is 2.08. The fourth-order valence-electron chi connectivity index (χ4n) is 3.96. The smallest absolute Gasteiger partial charge is 0.225 e. The molecule has 1 saturated heterocycles. The summed E-state index contributed by atoms with van der Waals surface area (Å²) < 4.78 is 16.4. The van der Waals surface area contributed by atoms with E-state index in [9.17, 15) is 9.59 Å². The number of ether oxygens (including phenoxy) is 3. The number of nitrogens with one attached hydrogen (secondary N) is 1. The third kappa shape index (κ3) is 4.90. The van der Waals surface area contributed by atoms with E-state index in [0.29, 0.717) is 43.3 Å². The van der Waals surface area contributed by atoms with Crippen molar-refractivity contribution in [3.05, 3.63) is 47.8 Å². The number of carbonyl (C=O) groups is 2. The molecule has 0 saturated carbocycles. The van der Waals surface area contributed by atoms with Crippen LogP contribution >= 0.6 is 0 Å². The van der Waals surface area contributed by atoms with Crippen LogP contribution in [-0.4, -0.2) is 56.1 Å². The van der Waals surface area contributed by atoms with Crippen LogP contribution < -0.4 is 19.5 Å². The van der Waals surface area contributed by atoms with Crippen molar-refractivity contribution < 1.29 is 23.8 Å². The first kappa shape index (κ1) is 22.4. The Kier molecular flexibility index (Phi) is 7.33. The molecule has 2 amide bonds. The Morgan fingerprint density at radius 1 is 1.10 bits per heavy atom. The van der Waals surface area contributed by atoms with Crippen LogP contribution in [-0.2, 0) is 16.1 Å². The van der Waals surface area contributed by atoms with E-state index in [-0.39, 0.29) is 17.7 Å². The number of aromatic nitrogens is 1. The van der Waals surface area contributed by atoms with Gasteiger partial charge in [-0.15, -0.1) is 0 Å². The number of hydrogen-bond acceptors (Lipinski definition) is 6. The highest BCUT2D eigenvalue weighted by molar-refractivity contribution is 5.83. The number of hydrogen-bond donors (Lipinski definition) is 1. The SMILES string of the molecule is CCC(=O)N1CC(C(=O)NCc2ccccn2)C(c2cc(OC)c(OC)c(OC)c2)C1. The highest BCUT2D eigenvalue weighted by atomic mass is 16.5. The molecule has 2 heterocycles. The third-order valence-electron chi connectivity index (χ3n) is 5.60. The van der Waals surface area contributed by atoms with Crippen LogP contribution in [0.4, 0.5) is 0 Å². The lowest BCUT2D eigenvalue weighted by Crippen LogP contribution is -2.35. The molecule has 1 N–H and O–H groups in total. The average Bonchev–Trinajstić information content (AvgIpc) is 3.27. The van der Waals surface area contributed by atoms with Crippen LogP contribution in [0.3, 0.4) is 0 Å². The number of methoxy groups -OCH3 is 3. The van der Waals surface area contributed by atoms with Gasteiger partial charge in [0.15, 0.2) is 11.5 Å². The number of benzene rings is 1. The number of likely N-dealkylation sites (tertiary alicyclic amines) is 1. The van der Waals surface area contributed by atoms with Crippen LogP contribution in [0.2, 0.25) is 0 Å². The van der Waals surface area contributed by atoms with Gasteiger partial charge in [0.2, 0.25) is 17.6 Å². The van der Waals surface area contributed by atoms with Gasteiger partial charge in [0.05, 0.1) is 39.5 Å². The molecule has 1 aliphatic heterocycles. The first-order chi connectivity index (χ1) is 15.0. The van der Waals surface area contributed by atoms with Gasteiger partial charge in [-0.2, -0.15) is 0 Å². The molecule has 31 heavy (non-hydrogen) atoms. The first-order valence-electron chi connectivity index (χ1n) is 10.3. The third-order valence-corrected chi connectivity index (χ3v) is 5.60. The lowest BCUT2D eigenvalue weighted by Gasteiger charge is -2.21. The second-order valence-corrected chi connectivity index (χ2v) is 7.36. The Bertz CT molecular complexity index is 894. The molecule has 1 aromatic heterocycles. The van der Waals surface area contributed by atoms with Crippen LogP contribution in [0.1, 0.15) is 30.5 Å². The topological polar surface area (TPSA) is 90.0 Å². The molecule has 1 fully saturated rings. The van der Waals surface area contributed by atoms with Gasteiger partial charge in [-0.3, -0.25) is 14.6 Å². The molecule has 8 nitrogen and oxygen atoms in total. The summed E-state index contributed by atoms with van der Waals surface area (Å²) in [6.45, 7) is 2.97. The number of amides is 2. The molecule has 2 unspecified atom stereocenters. The minimum Gasteiger partial charge on any atom is -0.493 e. The maximum absolute atomic E-state index is 13.1. The number of nitrogens with zero attached hydrogens (tertiary/aromatic N) is 2. The Hall–Kier alpha value is -3.29. The van der Waals surface area contributed by atoms with Gasteiger partial charge in [-0.1, -0.05) is 13.0 Å². The van der Waals surface area contributed by atoms with Crippen molar-refractivity contribution in [3.63, 3.8) is 0 Å². The van der Waals surface area contributed by atoms with E-state index in [0.717, 1.165) is 11.3 Å². The first-order valence-corrected chi connectivity index (χ1v) is 10.3. The monoisotopic (exact) mass is 427 g/mol. The summed E-state index contributed by atoms with van der Waals surface area (Å²) in [6, 6.07) is 9.27. The summed E-state index contributed by atoms with van der Waals surface area (Å²) in [5.41, 5.74) is 1.64. The minimum atomic E-state index is -0.401. The largest absolute Gasteiger partial charge is 0.493 e. The van der Waals surface area contributed by atoms with E-state index in [1.807, 2.05) is 37.3 Å². The van der Waals surface area contributed by atoms with Gasteiger partial charge >= 0.3 is 0 Å². The summed E-state index contributed by atoms with van der Waals surface area (Å²) in [4.78, 5) is 31.5. The number of rotatable bonds is 8. The highest BCUT2D eigenvalue weighted by Gasteiger charge is 2.40. The molecule has 0 radical (unpaired) electrons. The fourth-order valence-corrected chi connectivity index (χ4v) is 3.96. The molecular formula is C23H29N3O5. The molecular weight excluding hydrogens is 398 g/mol. The van der Waals surface area contributed by atoms with E-state index in [4.69, 9.17) is 14.2 Å². The van der Waals surface area contributed by atoms with E-state index in [1.54, 1.807) is 32.4 Å². The highest BCUT2D eigenvalue weighted by Crippen LogP contribution is 2.43. The number of carbonyl (C=O) groups excluding carboxylic acids is 2. The second kappa shape index (κ2) is 10.1. The van der Waals surface area contributed by atoms with Crippen molar-refractivity contribution in [1.82, 2.24) is 15.2 Å². The zero-order chi connectivity index (χ0) is 22.4. The van der Waals surface area contributed by atoms with Crippen molar-refractivity contribution in [2.24, 2.45) is 5.92 Å². The summed E-state index contributed by atoms with van der Waals surface area (Å²) in [5.74, 6) is 0.835. The molecule has 8 heteroatoms. The maximum atomic E-state index is 13.1. The summed E-state index contributed by atoms with van der Waals surface area (Å²) >= 11 is 0. The molecule has 3 rings (SSSR count). The van der Waals surface area contributed by atoms with Crippen LogP contribution in [0.15, 0.2) is 36.5 Å². The Morgan fingerprint density at radius 2 is 1.81 bits per heavy atom. The van der Waals surface area contributed by atoms with Gasteiger partial charge in [0.1, 0.15) is 0 Å². The quantitative estimate of drug-likeness (QED) is 0.696. The predicted octanol–water partition coefficient (Wildman–Crippen LogP) is 2.38. The fraction of sp³-hybridized carbons (Fsp3) is 0.435. The molecule has 1 aliphatic rings. The normalized spacial score (nSPS) is 17.9. The van der Waals surface area contributed by atoms with Crippen molar-refractivity contribution in [2.75, 3.05) is 34.4 Å². The van der Waals surface area contributed by atoms with Gasteiger partial charge in [0.25, 0.3) is 0 Å².